The van der Waals surface area contributed by atoms with Gasteiger partial charge in [-0.1, -0.05) is 11.8 Å². The minimum absolute atomic E-state index is 0.640. The molecule has 4 nitrogen and oxygen atoms in total. The first kappa shape index (κ1) is 13.6. The predicted molar refractivity (Wildman–Crippen MR) is 77.5 cm³/mol. The molecule has 100 valence electrons. The summed E-state index contributed by atoms with van der Waals surface area (Å²) in [6, 6.07) is 2.73. The molecule has 0 aliphatic carbocycles. The van der Waals surface area contributed by atoms with Gasteiger partial charge in [-0.05, 0) is 27.0 Å². The van der Waals surface area contributed by atoms with E-state index >= 15 is 0 Å². The van der Waals surface area contributed by atoms with Crippen LogP contribution < -0.4 is 4.90 Å². The van der Waals surface area contributed by atoms with Crippen LogP contribution in [0.3, 0.4) is 0 Å². The summed E-state index contributed by atoms with van der Waals surface area (Å²) in [5.41, 5.74) is 1.05. The Morgan fingerprint density at radius 2 is 1.83 bits per heavy atom. The maximum atomic E-state index is 4.60. The molecule has 0 amide bonds. The fourth-order valence-electron chi connectivity index (χ4n) is 2.25. The quantitative estimate of drug-likeness (QED) is 0.617. The maximum Gasteiger partial charge on any atom is 0.189 e. The first-order valence-corrected chi connectivity index (χ1v) is 7.71. The lowest BCUT2D eigenvalue weighted by molar-refractivity contribution is 0.209. The molecule has 2 heterocycles. The van der Waals surface area contributed by atoms with Crippen molar-refractivity contribution in [3.05, 3.63) is 11.8 Å². The van der Waals surface area contributed by atoms with Gasteiger partial charge in [0.2, 0.25) is 0 Å². The SMILES string of the molecule is CSc1nc(C)cc(N2CCN(C(C)C)CC2)n1. The number of hydrogen-bond acceptors (Lipinski definition) is 5. The Labute approximate surface area is 114 Å². The van der Waals surface area contributed by atoms with Crippen LogP contribution in [-0.4, -0.2) is 53.3 Å². The molecule has 1 aliphatic heterocycles. The minimum atomic E-state index is 0.640. The Morgan fingerprint density at radius 1 is 1.17 bits per heavy atom. The average Bonchev–Trinajstić information content (AvgIpc) is 2.38. The third kappa shape index (κ3) is 3.14. The number of rotatable bonds is 3. The number of thioether (sulfide) groups is 1. The number of aryl methyl sites for hydroxylation is 1. The standard InChI is InChI=1S/C13H22N4S/c1-10(2)16-5-7-17(8-6-16)12-9-11(3)14-13(15-12)18-4/h9-10H,5-8H2,1-4H3. The normalized spacial score (nSPS) is 17.5. The summed E-state index contributed by atoms with van der Waals surface area (Å²) in [6.07, 6.45) is 2.02. The summed E-state index contributed by atoms with van der Waals surface area (Å²) in [4.78, 5) is 13.9. The summed E-state index contributed by atoms with van der Waals surface area (Å²) >= 11 is 1.61. The Balaban J connectivity index is 2.07. The van der Waals surface area contributed by atoms with Crippen LogP contribution in [0, 0.1) is 6.92 Å². The molecule has 1 fully saturated rings. The molecule has 1 aliphatic rings. The Hall–Kier alpha value is -0.810. The lowest BCUT2D eigenvalue weighted by Crippen LogP contribution is -2.49. The highest BCUT2D eigenvalue weighted by atomic mass is 32.2. The summed E-state index contributed by atoms with van der Waals surface area (Å²) < 4.78 is 0. The number of nitrogens with zero attached hydrogens (tertiary/aromatic N) is 4. The fourth-order valence-corrected chi connectivity index (χ4v) is 2.67. The van der Waals surface area contributed by atoms with Gasteiger partial charge in [0.05, 0.1) is 0 Å². The van der Waals surface area contributed by atoms with Crippen molar-refractivity contribution >= 4 is 17.6 Å². The lowest BCUT2D eigenvalue weighted by atomic mass is 10.2. The van der Waals surface area contributed by atoms with Crippen LogP contribution in [0.4, 0.5) is 5.82 Å². The Morgan fingerprint density at radius 3 is 2.39 bits per heavy atom. The molecule has 0 aromatic carbocycles. The molecule has 1 aromatic rings. The van der Waals surface area contributed by atoms with Crippen molar-refractivity contribution in [3.63, 3.8) is 0 Å². The molecule has 0 bridgehead atoms. The van der Waals surface area contributed by atoms with E-state index in [4.69, 9.17) is 0 Å². The molecule has 18 heavy (non-hydrogen) atoms. The largest absolute Gasteiger partial charge is 0.354 e. The lowest BCUT2D eigenvalue weighted by Gasteiger charge is -2.37. The Bertz CT molecular complexity index is 400. The summed E-state index contributed by atoms with van der Waals surface area (Å²) in [7, 11) is 0. The van der Waals surface area contributed by atoms with Crippen LogP contribution in [-0.2, 0) is 0 Å². The van der Waals surface area contributed by atoms with Crippen molar-refractivity contribution in [2.45, 2.75) is 32.0 Å². The van der Waals surface area contributed by atoms with Gasteiger partial charge >= 0.3 is 0 Å². The van der Waals surface area contributed by atoms with Gasteiger partial charge in [-0.25, -0.2) is 9.97 Å². The van der Waals surface area contributed by atoms with E-state index in [0.29, 0.717) is 6.04 Å². The van der Waals surface area contributed by atoms with Crippen molar-refractivity contribution in [2.24, 2.45) is 0 Å². The second kappa shape index (κ2) is 5.89. The second-order valence-corrected chi connectivity index (χ2v) is 5.74. The molecule has 0 atom stereocenters. The number of anilines is 1. The van der Waals surface area contributed by atoms with Crippen molar-refractivity contribution in [2.75, 3.05) is 37.3 Å². The van der Waals surface area contributed by atoms with Gasteiger partial charge < -0.3 is 4.90 Å². The number of hydrogen-bond donors (Lipinski definition) is 0. The highest BCUT2D eigenvalue weighted by Gasteiger charge is 2.20. The van der Waals surface area contributed by atoms with E-state index in [1.807, 2.05) is 13.2 Å². The fraction of sp³-hybridized carbons (Fsp3) is 0.692. The summed E-state index contributed by atoms with van der Waals surface area (Å²) in [6.45, 7) is 10.9. The number of piperazine rings is 1. The zero-order valence-electron chi connectivity index (χ0n) is 11.7. The number of aromatic nitrogens is 2. The smallest absolute Gasteiger partial charge is 0.189 e. The van der Waals surface area contributed by atoms with Gasteiger partial charge in [0.15, 0.2) is 5.16 Å². The molecule has 0 radical (unpaired) electrons. The van der Waals surface area contributed by atoms with Gasteiger partial charge in [-0.15, -0.1) is 0 Å². The molecular weight excluding hydrogens is 244 g/mol. The third-order valence-electron chi connectivity index (χ3n) is 3.37. The molecule has 0 saturated carbocycles. The highest BCUT2D eigenvalue weighted by Crippen LogP contribution is 2.19. The van der Waals surface area contributed by atoms with Crippen LogP contribution in [0.25, 0.3) is 0 Å². The average molecular weight is 266 g/mol. The van der Waals surface area contributed by atoms with E-state index in [0.717, 1.165) is 42.8 Å². The first-order valence-electron chi connectivity index (χ1n) is 6.49. The maximum absolute atomic E-state index is 4.60. The van der Waals surface area contributed by atoms with Gasteiger partial charge in [0.1, 0.15) is 5.82 Å². The first-order chi connectivity index (χ1) is 8.60. The van der Waals surface area contributed by atoms with Crippen molar-refractivity contribution < 1.29 is 0 Å². The predicted octanol–water partition coefficient (Wildman–Crippen LogP) is 2.04. The second-order valence-electron chi connectivity index (χ2n) is 4.97. The molecule has 1 aromatic heterocycles. The molecular formula is C13H22N4S. The van der Waals surface area contributed by atoms with Crippen LogP contribution in [0.1, 0.15) is 19.5 Å². The molecule has 0 N–H and O–H groups in total. The Kier molecular flexibility index (Phi) is 4.45. The van der Waals surface area contributed by atoms with E-state index in [-0.39, 0.29) is 0 Å². The van der Waals surface area contributed by atoms with Crippen molar-refractivity contribution in [3.8, 4) is 0 Å². The van der Waals surface area contributed by atoms with E-state index in [9.17, 15) is 0 Å². The molecule has 2 rings (SSSR count). The zero-order chi connectivity index (χ0) is 13.1. The molecule has 1 saturated heterocycles. The molecule has 0 spiro atoms. The van der Waals surface area contributed by atoms with Gasteiger partial charge in [0.25, 0.3) is 0 Å². The molecule has 0 unspecified atom stereocenters. The third-order valence-corrected chi connectivity index (χ3v) is 3.92. The highest BCUT2D eigenvalue weighted by molar-refractivity contribution is 7.98. The van der Waals surface area contributed by atoms with Crippen LogP contribution in [0.2, 0.25) is 0 Å². The minimum Gasteiger partial charge on any atom is -0.354 e. The van der Waals surface area contributed by atoms with Crippen molar-refractivity contribution in [1.82, 2.24) is 14.9 Å². The van der Waals surface area contributed by atoms with E-state index < -0.39 is 0 Å². The van der Waals surface area contributed by atoms with E-state index in [2.05, 4.69) is 39.7 Å². The summed E-state index contributed by atoms with van der Waals surface area (Å²) in [5, 5.41) is 0.872. The van der Waals surface area contributed by atoms with Crippen LogP contribution >= 0.6 is 11.8 Å². The van der Waals surface area contributed by atoms with E-state index in [1.54, 1.807) is 11.8 Å². The monoisotopic (exact) mass is 266 g/mol. The van der Waals surface area contributed by atoms with Gasteiger partial charge in [0, 0.05) is 44.0 Å². The van der Waals surface area contributed by atoms with Crippen LogP contribution in [0.15, 0.2) is 11.2 Å². The zero-order valence-corrected chi connectivity index (χ0v) is 12.5. The van der Waals surface area contributed by atoms with Crippen molar-refractivity contribution in [1.29, 1.82) is 0 Å². The molecule has 5 heteroatoms. The topological polar surface area (TPSA) is 32.3 Å². The van der Waals surface area contributed by atoms with E-state index in [1.165, 1.54) is 0 Å². The van der Waals surface area contributed by atoms with Gasteiger partial charge in [-0.3, -0.25) is 4.90 Å². The van der Waals surface area contributed by atoms with Crippen LogP contribution in [0.5, 0.6) is 0 Å². The summed E-state index contributed by atoms with van der Waals surface area (Å²) in [5.74, 6) is 1.08. The van der Waals surface area contributed by atoms with Gasteiger partial charge in [-0.2, -0.15) is 0 Å².